The van der Waals surface area contributed by atoms with Gasteiger partial charge in [-0.3, -0.25) is 4.79 Å². The van der Waals surface area contributed by atoms with Gasteiger partial charge in [-0.2, -0.15) is 5.10 Å². The molecule has 3 aromatic rings. The number of ether oxygens (including phenoxy) is 1. The monoisotopic (exact) mass is 330 g/mol. The number of nitrogens with zero attached hydrogens (tertiary/aromatic N) is 1. The minimum Gasteiger partial charge on any atom is -0.497 e. The fourth-order valence-electron chi connectivity index (χ4n) is 2.40. The first-order valence-corrected chi connectivity index (χ1v) is 7.89. The predicted octanol–water partition coefficient (Wildman–Crippen LogP) is 4.13. The maximum atomic E-state index is 12.2. The first-order chi connectivity index (χ1) is 12.3. The van der Waals surface area contributed by atoms with E-state index >= 15 is 0 Å². The molecule has 25 heavy (non-hydrogen) atoms. The molecule has 0 aliphatic carbocycles. The summed E-state index contributed by atoms with van der Waals surface area (Å²) in [7, 11) is 1.61. The van der Waals surface area contributed by atoms with E-state index in [0.717, 1.165) is 22.4 Å². The normalized spacial score (nSPS) is 10.6. The minimum absolute atomic E-state index is 0.251. The zero-order chi connectivity index (χ0) is 17.5. The molecule has 0 aliphatic heterocycles. The summed E-state index contributed by atoms with van der Waals surface area (Å²) in [4.78, 5) is 12.2. The van der Waals surface area contributed by atoms with Crippen molar-refractivity contribution in [3.63, 3.8) is 0 Å². The molecule has 0 unspecified atom stereocenters. The van der Waals surface area contributed by atoms with Crippen molar-refractivity contribution in [3.05, 3.63) is 90.0 Å². The number of carbonyl (C=O) groups is 1. The van der Waals surface area contributed by atoms with E-state index in [2.05, 4.69) is 10.5 Å². The van der Waals surface area contributed by atoms with Crippen LogP contribution < -0.4 is 10.2 Å². The molecule has 0 heterocycles. The van der Waals surface area contributed by atoms with Gasteiger partial charge in [0, 0.05) is 5.56 Å². The number of rotatable bonds is 5. The van der Waals surface area contributed by atoms with E-state index in [1.54, 1.807) is 25.5 Å². The topological polar surface area (TPSA) is 50.7 Å². The second-order valence-corrected chi connectivity index (χ2v) is 5.42. The maximum Gasteiger partial charge on any atom is 0.271 e. The van der Waals surface area contributed by atoms with Gasteiger partial charge in [0.2, 0.25) is 0 Å². The number of benzene rings is 3. The van der Waals surface area contributed by atoms with E-state index in [4.69, 9.17) is 4.74 Å². The lowest BCUT2D eigenvalue weighted by Crippen LogP contribution is -2.17. The van der Waals surface area contributed by atoms with Gasteiger partial charge in [0.05, 0.1) is 13.3 Å². The van der Waals surface area contributed by atoms with Crippen molar-refractivity contribution in [1.82, 2.24) is 5.43 Å². The Balaban J connectivity index is 1.64. The molecule has 1 N–H and O–H groups in total. The van der Waals surface area contributed by atoms with Gasteiger partial charge in [0.25, 0.3) is 5.91 Å². The molecule has 0 saturated heterocycles. The summed E-state index contributed by atoms with van der Waals surface area (Å²) in [5.74, 6) is 0.491. The Hall–Kier alpha value is -3.40. The third-order valence-electron chi connectivity index (χ3n) is 3.73. The second kappa shape index (κ2) is 7.93. The Morgan fingerprint density at radius 3 is 2.36 bits per heavy atom. The van der Waals surface area contributed by atoms with Gasteiger partial charge in [-0.25, -0.2) is 5.43 Å². The fourth-order valence-corrected chi connectivity index (χ4v) is 2.40. The summed E-state index contributed by atoms with van der Waals surface area (Å²) in [6.45, 7) is 0. The molecule has 0 saturated carbocycles. The van der Waals surface area contributed by atoms with Crippen LogP contribution in [0.3, 0.4) is 0 Å². The van der Waals surface area contributed by atoms with E-state index in [9.17, 15) is 4.79 Å². The number of carbonyl (C=O) groups excluding carboxylic acids is 1. The Bertz CT molecular complexity index is 872. The molecule has 0 radical (unpaired) electrons. The molecule has 0 fully saturated rings. The van der Waals surface area contributed by atoms with Crippen LogP contribution >= 0.6 is 0 Å². The zero-order valence-corrected chi connectivity index (χ0v) is 13.8. The summed E-state index contributed by atoms with van der Waals surface area (Å²) in [5.41, 5.74) is 6.12. The van der Waals surface area contributed by atoms with Crippen LogP contribution in [0.25, 0.3) is 11.1 Å². The molecule has 1 amide bonds. The van der Waals surface area contributed by atoms with Crippen LogP contribution in [0.1, 0.15) is 15.9 Å². The van der Waals surface area contributed by atoms with Crippen molar-refractivity contribution in [2.75, 3.05) is 7.11 Å². The molecule has 0 spiro atoms. The van der Waals surface area contributed by atoms with Gasteiger partial charge >= 0.3 is 0 Å². The third-order valence-corrected chi connectivity index (χ3v) is 3.73. The Kier molecular flexibility index (Phi) is 5.22. The second-order valence-electron chi connectivity index (χ2n) is 5.42. The minimum atomic E-state index is -0.251. The number of amides is 1. The van der Waals surface area contributed by atoms with Crippen LogP contribution in [0.5, 0.6) is 5.75 Å². The van der Waals surface area contributed by atoms with E-state index in [1.165, 1.54) is 0 Å². The highest BCUT2D eigenvalue weighted by molar-refractivity contribution is 5.95. The van der Waals surface area contributed by atoms with Gasteiger partial charge in [0.1, 0.15) is 5.75 Å². The number of methoxy groups -OCH3 is 1. The Labute approximate surface area is 146 Å². The first-order valence-electron chi connectivity index (χ1n) is 7.89. The standard InChI is InChI=1S/C21H18N2O2/c1-25-20-9-5-6-16(14-20)15-22-23-21(24)19-12-10-18(11-13-19)17-7-3-2-4-8-17/h2-15H,1H3,(H,23,24). The maximum absolute atomic E-state index is 12.2. The van der Waals surface area contributed by atoms with Crippen LogP contribution in [0.15, 0.2) is 84.0 Å². The molecule has 0 aromatic heterocycles. The Morgan fingerprint density at radius 1 is 0.920 bits per heavy atom. The fraction of sp³-hybridized carbons (Fsp3) is 0.0476. The van der Waals surface area contributed by atoms with Crippen LogP contribution in [0, 0.1) is 0 Å². The first kappa shape index (κ1) is 16.5. The molecule has 3 aromatic carbocycles. The SMILES string of the molecule is COc1cccc(C=NNC(=O)c2ccc(-c3ccccc3)cc2)c1. The third kappa shape index (κ3) is 4.32. The molecule has 4 nitrogen and oxygen atoms in total. The summed E-state index contributed by atoms with van der Waals surface area (Å²) >= 11 is 0. The molecule has 124 valence electrons. The average Bonchev–Trinajstić information content (AvgIpc) is 2.69. The van der Waals surface area contributed by atoms with Crippen molar-refractivity contribution in [3.8, 4) is 16.9 Å². The van der Waals surface area contributed by atoms with Crippen molar-refractivity contribution >= 4 is 12.1 Å². The lowest BCUT2D eigenvalue weighted by Gasteiger charge is -2.04. The highest BCUT2D eigenvalue weighted by Gasteiger charge is 2.04. The van der Waals surface area contributed by atoms with Crippen LogP contribution in [-0.2, 0) is 0 Å². The molecular weight excluding hydrogens is 312 g/mol. The molecule has 3 rings (SSSR count). The van der Waals surface area contributed by atoms with E-state index in [0.29, 0.717) is 5.56 Å². The van der Waals surface area contributed by atoms with Crippen LogP contribution in [-0.4, -0.2) is 19.2 Å². The summed E-state index contributed by atoms with van der Waals surface area (Å²) in [5, 5.41) is 3.99. The summed E-state index contributed by atoms with van der Waals surface area (Å²) in [6.07, 6.45) is 1.58. The highest BCUT2D eigenvalue weighted by atomic mass is 16.5. The number of hydrogen-bond donors (Lipinski definition) is 1. The molecule has 0 aliphatic rings. The van der Waals surface area contributed by atoms with Crippen molar-refractivity contribution in [2.24, 2.45) is 5.10 Å². The summed E-state index contributed by atoms with van der Waals surface area (Å²) in [6, 6.07) is 24.9. The number of hydrazone groups is 1. The van der Waals surface area contributed by atoms with E-state index < -0.39 is 0 Å². The van der Waals surface area contributed by atoms with E-state index in [1.807, 2.05) is 66.7 Å². The smallest absolute Gasteiger partial charge is 0.271 e. The highest BCUT2D eigenvalue weighted by Crippen LogP contribution is 2.19. The van der Waals surface area contributed by atoms with E-state index in [-0.39, 0.29) is 5.91 Å². The molecule has 0 atom stereocenters. The van der Waals surface area contributed by atoms with Gasteiger partial charge in [-0.15, -0.1) is 0 Å². The van der Waals surface area contributed by atoms with Gasteiger partial charge in [-0.05, 0) is 41.0 Å². The van der Waals surface area contributed by atoms with Gasteiger partial charge < -0.3 is 4.74 Å². The molecular formula is C21H18N2O2. The van der Waals surface area contributed by atoms with Gasteiger partial charge in [-0.1, -0.05) is 54.6 Å². The number of hydrogen-bond acceptors (Lipinski definition) is 3. The molecule has 0 bridgehead atoms. The largest absolute Gasteiger partial charge is 0.497 e. The zero-order valence-electron chi connectivity index (χ0n) is 13.8. The van der Waals surface area contributed by atoms with Crippen LogP contribution in [0.4, 0.5) is 0 Å². The average molecular weight is 330 g/mol. The van der Waals surface area contributed by atoms with Crippen molar-refractivity contribution in [2.45, 2.75) is 0 Å². The number of nitrogens with one attached hydrogen (secondary N) is 1. The quantitative estimate of drug-likeness (QED) is 0.565. The lowest BCUT2D eigenvalue weighted by atomic mass is 10.0. The van der Waals surface area contributed by atoms with Gasteiger partial charge in [0.15, 0.2) is 0 Å². The molecule has 4 heteroatoms. The predicted molar refractivity (Wildman–Crippen MR) is 99.9 cm³/mol. The van der Waals surface area contributed by atoms with Crippen LogP contribution in [0.2, 0.25) is 0 Å². The Morgan fingerprint density at radius 2 is 1.64 bits per heavy atom. The van der Waals surface area contributed by atoms with Crippen molar-refractivity contribution < 1.29 is 9.53 Å². The summed E-state index contributed by atoms with van der Waals surface area (Å²) < 4.78 is 5.15. The van der Waals surface area contributed by atoms with Crippen molar-refractivity contribution in [1.29, 1.82) is 0 Å². The lowest BCUT2D eigenvalue weighted by molar-refractivity contribution is 0.0955.